The molecule has 0 atom stereocenters. The molecule has 180 valence electrons. The topological polar surface area (TPSA) is 75.0 Å². The molecule has 5 rings (SSSR count). The number of hydrogen-bond donors (Lipinski definition) is 1. The average Bonchev–Trinajstić information content (AvgIpc) is 3.53. The number of pyridine rings is 1. The summed E-state index contributed by atoms with van der Waals surface area (Å²) in [7, 11) is 0. The van der Waals surface area contributed by atoms with Gasteiger partial charge in [-0.3, -0.25) is 5.10 Å². The van der Waals surface area contributed by atoms with Gasteiger partial charge in [-0.05, 0) is 50.4 Å². The molecule has 1 aliphatic rings. The monoisotopic (exact) mass is 493 g/mol. The summed E-state index contributed by atoms with van der Waals surface area (Å²) < 4.78 is 54.9. The van der Waals surface area contributed by atoms with E-state index in [0.717, 1.165) is 36.4 Å². The molecule has 0 bridgehead atoms. The van der Waals surface area contributed by atoms with Crippen LogP contribution in [0.5, 0.6) is 0 Å². The van der Waals surface area contributed by atoms with Crippen molar-refractivity contribution in [2.45, 2.75) is 38.3 Å². The summed E-state index contributed by atoms with van der Waals surface area (Å²) in [4.78, 5) is 11.7. The summed E-state index contributed by atoms with van der Waals surface area (Å²) in [6.07, 6.45) is 0.998. The molecule has 7 nitrogen and oxygen atoms in total. The fraction of sp³-hybridized carbons (Fsp3) is 0.455. The predicted octanol–water partition coefficient (Wildman–Crippen LogP) is 4.81. The Morgan fingerprint density at radius 3 is 2.74 bits per heavy atom. The highest BCUT2D eigenvalue weighted by Gasteiger charge is 2.33. The third kappa shape index (κ3) is 4.56. The summed E-state index contributed by atoms with van der Waals surface area (Å²) in [5, 5.41) is 11.7. The van der Waals surface area contributed by atoms with E-state index < -0.39 is 12.6 Å². The van der Waals surface area contributed by atoms with E-state index in [4.69, 9.17) is 0 Å². The van der Waals surface area contributed by atoms with Crippen LogP contribution in [0.15, 0.2) is 24.8 Å². The number of nitrogens with zero attached hydrogens (tertiary/aromatic N) is 6. The fourth-order valence-corrected chi connectivity index (χ4v) is 5.64. The minimum absolute atomic E-state index is 0.0602. The standard InChI is InChI=1S/C22H23F4N7S/c1-13-8-15(11-33-20(13)28-12-29-33)18-16(9-22(24,25)26)19(31-30-18)21-27-10-17(34-21)14-2-5-32(6-3-14)7-4-23/h8,10-12,14H,2-7,9H2,1H3,(H,30,31). The molecular formula is C22H23F4N7S. The van der Waals surface area contributed by atoms with Crippen molar-refractivity contribution in [3.05, 3.63) is 40.8 Å². The number of hydrogen-bond acceptors (Lipinski definition) is 6. The number of fused-ring (bicyclic) bond motifs is 1. The molecule has 0 amide bonds. The van der Waals surface area contributed by atoms with Crippen LogP contribution in [-0.4, -0.2) is 67.2 Å². The Bertz CT molecular complexity index is 1280. The van der Waals surface area contributed by atoms with Crippen molar-refractivity contribution in [2.75, 3.05) is 26.3 Å². The van der Waals surface area contributed by atoms with Crippen molar-refractivity contribution in [3.8, 4) is 22.0 Å². The lowest BCUT2D eigenvalue weighted by Crippen LogP contribution is -2.34. The molecule has 12 heteroatoms. The predicted molar refractivity (Wildman–Crippen MR) is 121 cm³/mol. The fourth-order valence-electron chi connectivity index (χ4n) is 4.53. The highest BCUT2D eigenvalue weighted by Crippen LogP contribution is 2.39. The van der Waals surface area contributed by atoms with Crippen LogP contribution in [0, 0.1) is 6.92 Å². The van der Waals surface area contributed by atoms with Gasteiger partial charge in [0.15, 0.2) is 5.65 Å². The molecule has 0 spiro atoms. The van der Waals surface area contributed by atoms with Crippen molar-refractivity contribution in [1.29, 1.82) is 0 Å². The molecule has 0 saturated carbocycles. The van der Waals surface area contributed by atoms with Gasteiger partial charge >= 0.3 is 6.18 Å². The molecule has 34 heavy (non-hydrogen) atoms. The summed E-state index contributed by atoms with van der Waals surface area (Å²) in [6.45, 7) is 3.52. The van der Waals surface area contributed by atoms with E-state index in [2.05, 4.69) is 30.2 Å². The Morgan fingerprint density at radius 2 is 2.00 bits per heavy atom. The SMILES string of the molecule is Cc1cc(-c2n[nH]c(-c3ncc(C4CCN(CCF)CC4)s3)c2CC(F)(F)F)cn2ncnc12. The molecule has 0 aliphatic carbocycles. The van der Waals surface area contributed by atoms with E-state index in [1.807, 2.05) is 6.92 Å². The number of aromatic amines is 1. The van der Waals surface area contributed by atoms with Gasteiger partial charge in [-0.25, -0.2) is 18.9 Å². The molecule has 4 aromatic rings. The van der Waals surface area contributed by atoms with Crippen molar-refractivity contribution in [2.24, 2.45) is 0 Å². The molecule has 1 saturated heterocycles. The van der Waals surface area contributed by atoms with E-state index in [0.29, 0.717) is 22.8 Å². The number of aryl methyl sites for hydroxylation is 1. The number of piperidine rings is 1. The summed E-state index contributed by atoms with van der Waals surface area (Å²) >= 11 is 1.39. The van der Waals surface area contributed by atoms with E-state index in [1.54, 1.807) is 18.5 Å². The van der Waals surface area contributed by atoms with Gasteiger partial charge in [0.1, 0.15) is 18.0 Å². The van der Waals surface area contributed by atoms with Crippen LogP contribution in [0.3, 0.4) is 0 Å². The van der Waals surface area contributed by atoms with Crippen LogP contribution in [-0.2, 0) is 6.42 Å². The third-order valence-corrected chi connectivity index (χ3v) is 7.38. The number of aromatic nitrogens is 6. The van der Waals surface area contributed by atoms with Gasteiger partial charge in [0.05, 0.1) is 17.8 Å². The zero-order valence-electron chi connectivity index (χ0n) is 18.4. The van der Waals surface area contributed by atoms with Gasteiger partial charge in [-0.1, -0.05) is 0 Å². The molecule has 1 aliphatic heterocycles. The summed E-state index contributed by atoms with van der Waals surface area (Å²) in [6, 6.07) is 1.77. The Balaban J connectivity index is 1.48. The van der Waals surface area contributed by atoms with Gasteiger partial charge < -0.3 is 4.90 Å². The first-order valence-electron chi connectivity index (χ1n) is 11.0. The number of rotatable bonds is 6. The highest BCUT2D eigenvalue weighted by molar-refractivity contribution is 7.15. The van der Waals surface area contributed by atoms with Gasteiger partial charge in [0, 0.05) is 34.9 Å². The number of halogens is 4. The molecular weight excluding hydrogens is 470 g/mol. The van der Waals surface area contributed by atoms with Gasteiger partial charge in [-0.15, -0.1) is 11.3 Å². The second kappa shape index (κ2) is 9.06. The summed E-state index contributed by atoms with van der Waals surface area (Å²) in [5.74, 6) is 0.271. The molecule has 0 radical (unpaired) electrons. The first-order chi connectivity index (χ1) is 16.3. The summed E-state index contributed by atoms with van der Waals surface area (Å²) in [5.41, 5.74) is 2.52. The molecule has 0 unspecified atom stereocenters. The highest BCUT2D eigenvalue weighted by atomic mass is 32.1. The zero-order chi connectivity index (χ0) is 23.9. The Labute approximate surface area is 196 Å². The first-order valence-corrected chi connectivity index (χ1v) is 11.8. The van der Waals surface area contributed by atoms with Crippen molar-refractivity contribution in [1.82, 2.24) is 34.7 Å². The maximum absolute atomic E-state index is 13.6. The number of thiazole rings is 1. The quantitative estimate of drug-likeness (QED) is 0.391. The third-order valence-electron chi connectivity index (χ3n) is 6.21. The minimum Gasteiger partial charge on any atom is -0.301 e. The van der Waals surface area contributed by atoms with E-state index in [9.17, 15) is 17.6 Å². The number of alkyl halides is 4. The molecule has 1 fully saturated rings. The maximum Gasteiger partial charge on any atom is 0.393 e. The van der Waals surface area contributed by atoms with Crippen LogP contribution in [0.4, 0.5) is 17.6 Å². The first kappa shape index (κ1) is 22.9. The second-order valence-electron chi connectivity index (χ2n) is 8.53. The van der Waals surface area contributed by atoms with Crippen molar-refractivity contribution < 1.29 is 17.6 Å². The molecule has 4 aromatic heterocycles. The van der Waals surface area contributed by atoms with Crippen LogP contribution < -0.4 is 0 Å². The molecule has 0 aromatic carbocycles. The van der Waals surface area contributed by atoms with E-state index in [-0.39, 0.29) is 29.5 Å². The molecule has 1 N–H and O–H groups in total. The normalized spacial score (nSPS) is 16.0. The number of nitrogens with one attached hydrogen (secondary N) is 1. The second-order valence-corrected chi connectivity index (χ2v) is 9.59. The lowest BCUT2D eigenvalue weighted by molar-refractivity contribution is -0.127. The Hall–Kier alpha value is -2.86. The van der Waals surface area contributed by atoms with Crippen molar-refractivity contribution in [3.63, 3.8) is 0 Å². The van der Waals surface area contributed by atoms with Crippen LogP contribution in [0.1, 0.15) is 34.8 Å². The van der Waals surface area contributed by atoms with E-state index >= 15 is 0 Å². The van der Waals surface area contributed by atoms with Crippen LogP contribution in [0.2, 0.25) is 0 Å². The van der Waals surface area contributed by atoms with Gasteiger partial charge in [-0.2, -0.15) is 23.4 Å². The zero-order valence-corrected chi connectivity index (χ0v) is 19.3. The van der Waals surface area contributed by atoms with E-state index in [1.165, 1.54) is 22.2 Å². The lowest BCUT2D eigenvalue weighted by Gasteiger charge is -2.30. The lowest BCUT2D eigenvalue weighted by atomic mass is 9.96. The van der Waals surface area contributed by atoms with Gasteiger partial charge in [0.2, 0.25) is 0 Å². The molecule has 5 heterocycles. The number of H-pyrrole nitrogens is 1. The maximum atomic E-state index is 13.6. The smallest absolute Gasteiger partial charge is 0.301 e. The minimum atomic E-state index is -4.41. The Morgan fingerprint density at radius 1 is 1.21 bits per heavy atom. The average molecular weight is 494 g/mol. The van der Waals surface area contributed by atoms with Crippen molar-refractivity contribution >= 4 is 17.0 Å². The number of likely N-dealkylation sites (tertiary alicyclic amines) is 1. The van der Waals surface area contributed by atoms with Crippen LogP contribution in [0.25, 0.3) is 27.6 Å². The Kier molecular flexibility index (Phi) is 6.11. The largest absolute Gasteiger partial charge is 0.393 e. The van der Waals surface area contributed by atoms with Gasteiger partial charge in [0.25, 0.3) is 0 Å². The van der Waals surface area contributed by atoms with Crippen LogP contribution >= 0.6 is 11.3 Å².